The summed E-state index contributed by atoms with van der Waals surface area (Å²) in [5.41, 5.74) is 12.8. The smallest absolute Gasteiger partial charge is 0.185 e. The zero-order chi connectivity index (χ0) is 12.4. The van der Waals surface area contributed by atoms with Crippen LogP contribution in [0.4, 0.5) is 0 Å². The molecule has 1 fully saturated rings. The molecule has 2 aliphatic heterocycles. The Kier molecular flexibility index (Phi) is 1.80. The van der Waals surface area contributed by atoms with Crippen molar-refractivity contribution >= 4 is 0 Å². The minimum atomic E-state index is -0.955. The third kappa shape index (κ3) is 1.00. The van der Waals surface area contributed by atoms with Crippen molar-refractivity contribution in [3.8, 4) is 0 Å². The van der Waals surface area contributed by atoms with Gasteiger partial charge in [-0.1, -0.05) is 48.6 Å². The molecular formula is C14H14N2O2. The van der Waals surface area contributed by atoms with Crippen LogP contribution >= 0.6 is 0 Å². The van der Waals surface area contributed by atoms with Crippen molar-refractivity contribution in [2.24, 2.45) is 23.3 Å². The van der Waals surface area contributed by atoms with Crippen LogP contribution in [0.3, 0.4) is 0 Å². The molecule has 4 heteroatoms. The zero-order valence-electron chi connectivity index (χ0n) is 9.74. The maximum absolute atomic E-state index is 6.43. The van der Waals surface area contributed by atoms with Crippen molar-refractivity contribution in [1.82, 2.24) is 0 Å². The van der Waals surface area contributed by atoms with Crippen molar-refractivity contribution < 1.29 is 9.78 Å². The van der Waals surface area contributed by atoms with Crippen molar-refractivity contribution in [3.05, 3.63) is 59.7 Å². The first kappa shape index (κ1) is 10.5. The first-order chi connectivity index (χ1) is 8.66. The molecule has 4 unspecified atom stereocenters. The average molecular weight is 242 g/mol. The lowest BCUT2D eigenvalue weighted by molar-refractivity contribution is -0.483. The van der Waals surface area contributed by atoms with E-state index in [2.05, 4.69) is 0 Å². The van der Waals surface area contributed by atoms with Crippen LogP contribution in [0.1, 0.15) is 11.1 Å². The second-order valence-corrected chi connectivity index (χ2v) is 5.12. The minimum Gasteiger partial charge on any atom is -0.296 e. The topological polar surface area (TPSA) is 70.5 Å². The highest BCUT2D eigenvalue weighted by Crippen LogP contribution is 2.56. The molecule has 2 heterocycles. The van der Waals surface area contributed by atoms with Gasteiger partial charge in [-0.3, -0.25) is 11.5 Å². The number of nitrogens with two attached hydrogens (primary N) is 2. The van der Waals surface area contributed by atoms with Crippen LogP contribution in [0.5, 0.6) is 0 Å². The predicted octanol–water partition coefficient (Wildman–Crippen LogP) is 1.24. The van der Waals surface area contributed by atoms with E-state index in [9.17, 15) is 0 Å². The zero-order valence-corrected chi connectivity index (χ0v) is 9.74. The highest BCUT2D eigenvalue weighted by molar-refractivity contribution is 5.45. The summed E-state index contributed by atoms with van der Waals surface area (Å²) in [6.07, 6.45) is 8.05. The molecule has 5 rings (SSSR count). The van der Waals surface area contributed by atoms with Gasteiger partial charge in [0.05, 0.1) is 0 Å². The van der Waals surface area contributed by atoms with Gasteiger partial charge in [-0.25, -0.2) is 9.78 Å². The van der Waals surface area contributed by atoms with Gasteiger partial charge in [0, 0.05) is 23.0 Å². The number of benzene rings is 1. The Bertz CT molecular complexity index is 532. The molecule has 4 nitrogen and oxygen atoms in total. The van der Waals surface area contributed by atoms with Gasteiger partial charge in [-0.15, -0.1) is 0 Å². The van der Waals surface area contributed by atoms with Crippen LogP contribution in [0.25, 0.3) is 0 Å². The van der Waals surface area contributed by atoms with Crippen molar-refractivity contribution in [2.45, 2.75) is 11.4 Å². The van der Waals surface area contributed by atoms with Crippen LogP contribution in [0, 0.1) is 11.8 Å². The SMILES string of the molecule is NC12OOC(N)(c3ccccc31)C1C=CC=CC12. The summed E-state index contributed by atoms with van der Waals surface area (Å²) >= 11 is 0. The van der Waals surface area contributed by atoms with Crippen LogP contribution in [-0.2, 0) is 21.2 Å². The van der Waals surface area contributed by atoms with E-state index in [1.54, 1.807) is 0 Å². The highest BCUT2D eigenvalue weighted by Gasteiger charge is 2.62. The second kappa shape index (κ2) is 3.10. The highest BCUT2D eigenvalue weighted by atomic mass is 17.2. The van der Waals surface area contributed by atoms with Gasteiger partial charge in [0.1, 0.15) is 0 Å². The van der Waals surface area contributed by atoms with E-state index in [1.165, 1.54) is 0 Å². The van der Waals surface area contributed by atoms with Gasteiger partial charge < -0.3 is 0 Å². The second-order valence-electron chi connectivity index (χ2n) is 5.12. The molecule has 4 atom stereocenters. The number of rotatable bonds is 0. The molecule has 2 bridgehead atoms. The van der Waals surface area contributed by atoms with Gasteiger partial charge >= 0.3 is 0 Å². The molecule has 1 aromatic carbocycles. The van der Waals surface area contributed by atoms with E-state index in [-0.39, 0.29) is 11.8 Å². The van der Waals surface area contributed by atoms with Crippen LogP contribution in [0.2, 0.25) is 0 Å². The predicted molar refractivity (Wildman–Crippen MR) is 65.6 cm³/mol. The fourth-order valence-corrected chi connectivity index (χ4v) is 3.29. The lowest BCUT2D eigenvalue weighted by atomic mass is 9.64. The molecule has 0 radical (unpaired) electrons. The molecular weight excluding hydrogens is 228 g/mol. The van der Waals surface area contributed by atoms with E-state index in [4.69, 9.17) is 21.2 Å². The Labute approximate surface area is 105 Å². The Balaban J connectivity index is 2.04. The number of allylic oxidation sites excluding steroid dienone is 2. The summed E-state index contributed by atoms with van der Waals surface area (Å²) in [7, 11) is 0. The van der Waals surface area contributed by atoms with Gasteiger partial charge in [0.25, 0.3) is 0 Å². The molecule has 18 heavy (non-hydrogen) atoms. The van der Waals surface area contributed by atoms with Crippen molar-refractivity contribution in [3.63, 3.8) is 0 Å². The molecule has 0 spiro atoms. The lowest BCUT2D eigenvalue weighted by Crippen LogP contribution is -2.68. The Morgan fingerprint density at radius 3 is 1.72 bits per heavy atom. The summed E-state index contributed by atoms with van der Waals surface area (Å²) < 4.78 is 0. The molecule has 0 saturated carbocycles. The Morgan fingerprint density at radius 1 is 0.833 bits per heavy atom. The summed E-state index contributed by atoms with van der Waals surface area (Å²) in [6, 6.07) is 7.81. The van der Waals surface area contributed by atoms with Gasteiger partial charge in [0.15, 0.2) is 11.4 Å². The first-order valence-electron chi connectivity index (χ1n) is 6.06. The van der Waals surface area contributed by atoms with Crippen molar-refractivity contribution in [2.75, 3.05) is 0 Å². The quantitative estimate of drug-likeness (QED) is 0.672. The van der Waals surface area contributed by atoms with E-state index in [0.717, 1.165) is 11.1 Å². The standard InChI is InChI=1S/C14H14N2O2/c15-13-9-5-1-2-6-10(9)14(16,18-17-13)12-8-4-3-7-11(12)13/h1-10H,15-16H2. The van der Waals surface area contributed by atoms with Crippen LogP contribution < -0.4 is 11.5 Å². The summed E-state index contributed by atoms with van der Waals surface area (Å²) in [5, 5.41) is 0. The first-order valence-corrected chi connectivity index (χ1v) is 6.06. The van der Waals surface area contributed by atoms with Crippen molar-refractivity contribution in [1.29, 1.82) is 0 Å². The van der Waals surface area contributed by atoms with Gasteiger partial charge in [-0.05, 0) is 0 Å². The monoisotopic (exact) mass is 242 g/mol. The third-order valence-electron chi connectivity index (χ3n) is 4.21. The minimum absolute atomic E-state index is 0.00356. The number of fused-ring (bicyclic) bond motifs is 1. The third-order valence-corrected chi connectivity index (χ3v) is 4.21. The van der Waals surface area contributed by atoms with Gasteiger partial charge in [0.2, 0.25) is 0 Å². The molecule has 1 aromatic rings. The summed E-state index contributed by atoms with van der Waals surface area (Å²) in [6.45, 7) is 0. The maximum atomic E-state index is 6.43. The van der Waals surface area contributed by atoms with E-state index in [0.29, 0.717) is 0 Å². The van der Waals surface area contributed by atoms with Gasteiger partial charge in [-0.2, -0.15) is 0 Å². The molecule has 92 valence electrons. The average Bonchev–Trinajstić information content (AvgIpc) is 2.43. The molecule has 4 aliphatic rings. The summed E-state index contributed by atoms with van der Waals surface area (Å²) in [4.78, 5) is 10.9. The number of hydrogen-bond donors (Lipinski definition) is 2. The van der Waals surface area contributed by atoms with Crippen LogP contribution in [-0.4, -0.2) is 0 Å². The Hall–Kier alpha value is -1.46. The van der Waals surface area contributed by atoms with E-state index < -0.39 is 11.4 Å². The summed E-state index contributed by atoms with van der Waals surface area (Å²) in [5.74, 6) is -0.00713. The fraction of sp³-hybridized carbons (Fsp3) is 0.286. The molecule has 2 aliphatic carbocycles. The normalized spacial score (nSPS) is 43.7. The van der Waals surface area contributed by atoms with E-state index in [1.807, 2.05) is 48.6 Å². The molecule has 1 saturated heterocycles. The molecule has 0 amide bonds. The Morgan fingerprint density at radius 2 is 1.28 bits per heavy atom. The maximum Gasteiger partial charge on any atom is 0.185 e. The molecule has 4 N–H and O–H groups in total. The molecule has 0 aromatic heterocycles. The fourth-order valence-electron chi connectivity index (χ4n) is 3.29. The van der Waals surface area contributed by atoms with E-state index >= 15 is 0 Å². The van der Waals surface area contributed by atoms with Crippen LogP contribution in [0.15, 0.2) is 48.6 Å². The lowest BCUT2D eigenvalue weighted by Gasteiger charge is -2.56. The largest absolute Gasteiger partial charge is 0.296 e. The number of hydrogen-bond acceptors (Lipinski definition) is 4.